The number of nitrogens with zero attached hydrogens (tertiary/aromatic N) is 5. The standard InChI is InChI=1S/C16H15N7/c1-10-5-11(7-19-16(10)23-8-20-21-9-23)13-6-14(17-2)22-15-12(13)3-4-18-15/h3-9H,1-2H3,(H2,17,18,22). The van der Waals surface area contributed by atoms with E-state index in [1.54, 1.807) is 17.2 Å². The largest absolute Gasteiger partial charge is 0.373 e. The van der Waals surface area contributed by atoms with Crippen molar-refractivity contribution in [1.29, 1.82) is 0 Å². The zero-order valence-corrected chi connectivity index (χ0v) is 12.8. The van der Waals surface area contributed by atoms with Crippen LogP contribution in [-0.4, -0.2) is 36.8 Å². The van der Waals surface area contributed by atoms with E-state index in [9.17, 15) is 0 Å². The summed E-state index contributed by atoms with van der Waals surface area (Å²) in [6.45, 7) is 2.03. The quantitative estimate of drug-likeness (QED) is 0.607. The molecule has 0 amide bonds. The van der Waals surface area contributed by atoms with Gasteiger partial charge in [-0.2, -0.15) is 0 Å². The van der Waals surface area contributed by atoms with Gasteiger partial charge in [-0.1, -0.05) is 0 Å². The molecule has 0 aliphatic heterocycles. The second kappa shape index (κ2) is 5.20. The minimum absolute atomic E-state index is 0.815. The van der Waals surface area contributed by atoms with Crippen LogP contribution in [0.5, 0.6) is 0 Å². The van der Waals surface area contributed by atoms with E-state index in [4.69, 9.17) is 0 Å². The highest BCUT2D eigenvalue weighted by Crippen LogP contribution is 2.30. The number of anilines is 1. The summed E-state index contributed by atoms with van der Waals surface area (Å²) in [5, 5.41) is 11.8. The Bertz CT molecular complexity index is 969. The minimum atomic E-state index is 0.815. The number of aryl methyl sites for hydroxylation is 1. The molecular formula is C16H15N7. The number of aromatic nitrogens is 6. The van der Waals surface area contributed by atoms with Crippen LogP contribution in [0.25, 0.3) is 28.0 Å². The van der Waals surface area contributed by atoms with Crippen molar-refractivity contribution in [2.75, 3.05) is 12.4 Å². The van der Waals surface area contributed by atoms with Crippen molar-refractivity contribution in [3.8, 4) is 16.9 Å². The molecule has 7 nitrogen and oxygen atoms in total. The lowest BCUT2D eigenvalue weighted by atomic mass is 10.0. The van der Waals surface area contributed by atoms with Crippen LogP contribution < -0.4 is 5.32 Å². The molecule has 0 radical (unpaired) electrons. The van der Waals surface area contributed by atoms with Crippen LogP contribution in [-0.2, 0) is 0 Å². The average Bonchev–Trinajstić information content (AvgIpc) is 3.25. The van der Waals surface area contributed by atoms with Gasteiger partial charge in [-0.25, -0.2) is 9.97 Å². The lowest BCUT2D eigenvalue weighted by molar-refractivity contribution is 0.974. The number of fused-ring (bicyclic) bond motifs is 1. The Labute approximate surface area is 132 Å². The normalized spacial score (nSPS) is 11.0. The molecule has 23 heavy (non-hydrogen) atoms. The van der Waals surface area contributed by atoms with E-state index in [-0.39, 0.29) is 0 Å². The molecule has 4 aromatic heterocycles. The van der Waals surface area contributed by atoms with E-state index in [0.29, 0.717) is 0 Å². The maximum absolute atomic E-state index is 4.58. The van der Waals surface area contributed by atoms with E-state index >= 15 is 0 Å². The first-order valence-electron chi connectivity index (χ1n) is 7.24. The topological polar surface area (TPSA) is 84.3 Å². The lowest BCUT2D eigenvalue weighted by Crippen LogP contribution is -1.99. The number of pyridine rings is 2. The zero-order chi connectivity index (χ0) is 15.8. The number of hydrogen-bond acceptors (Lipinski definition) is 5. The Balaban J connectivity index is 1.88. The molecule has 0 aliphatic carbocycles. The van der Waals surface area contributed by atoms with E-state index in [1.807, 2.05) is 38.5 Å². The first kappa shape index (κ1) is 13.4. The van der Waals surface area contributed by atoms with Crippen molar-refractivity contribution >= 4 is 16.9 Å². The number of H-pyrrole nitrogens is 1. The summed E-state index contributed by atoms with van der Waals surface area (Å²) in [4.78, 5) is 12.2. The summed E-state index contributed by atoms with van der Waals surface area (Å²) < 4.78 is 1.80. The van der Waals surface area contributed by atoms with Crippen molar-refractivity contribution < 1.29 is 0 Å². The number of aromatic amines is 1. The van der Waals surface area contributed by atoms with Gasteiger partial charge in [0, 0.05) is 30.4 Å². The Morgan fingerprint density at radius 1 is 1.17 bits per heavy atom. The molecule has 114 valence electrons. The molecule has 0 saturated carbocycles. The van der Waals surface area contributed by atoms with Crippen LogP contribution >= 0.6 is 0 Å². The molecule has 4 heterocycles. The number of nitrogens with one attached hydrogen (secondary N) is 2. The maximum atomic E-state index is 4.58. The fraction of sp³-hybridized carbons (Fsp3) is 0.125. The van der Waals surface area contributed by atoms with Crippen LogP contribution in [0, 0.1) is 6.92 Å². The Hall–Kier alpha value is -3.22. The van der Waals surface area contributed by atoms with Gasteiger partial charge < -0.3 is 10.3 Å². The second-order valence-electron chi connectivity index (χ2n) is 5.28. The second-order valence-corrected chi connectivity index (χ2v) is 5.28. The smallest absolute Gasteiger partial charge is 0.142 e. The predicted molar refractivity (Wildman–Crippen MR) is 88.5 cm³/mol. The highest BCUT2D eigenvalue weighted by Gasteiger charge is 2.11. The van der Waals surface area contributed by atoms with Crippen LogP contribution in [0.3, 0.4) is 0 Å². The first-order chi connectivity index (χ1) is 11.3. The molecular weight excluding hydrogens is 290 g/mol. The van der Waals surface area contributed by atoms with Gasteiger partial charge in [-0.3, -0.25) is 4.57 Å². The van der Waals surface area contributed by atoms with Crippen molar-refractivity contribution in [3.05, 3.63) is 48.8 Å². The molecule has 0 saturated heterocycles. The van der Waals surface area contributed by atoms with Gasteiger partial charge in [0.25, 0.3) is 0 Å². The molecule has 2 N–H and O–H groups in total. The van der Waals surface area contributed by atoms with Gasteiger partial charge in [0.1, 0.15) is 29.9 Å². The van der Waals surface area contributed by atoms with Gasteiger partial charge in [-0.05, 0) is 36.2 Å². The van der Waals surface area contributed by atoms with Crippen molar-refractivity contribution in [3.63, 3.8) is 0 Å². The fourth-order valence-electron chi connectivity index (χ4n) is 2.70. The Kier molecular flexibility index (Phi) is 3.04. The van der Waals surface area contributed by atoms with Crippen LogP contribution in [0.4, 0.5) is 5.82 Å². The fourth-order valence-corrected chi connectivity index (χ4v) is 2.70. The predicted octanol–water partition coefficient (Wildman–Crippen LogP) is 2.56. The summed E-state index contributed by atoms with van der Waals surface area (Å²) in [6, 6.07) is 6.18. The Morgan fingerprint density at radius 2 is 2.00 bits per heavy atom. The van der Waals surface area contributed by atoms with Gasteiger partial charge in [0.15, 0.2) is 0 Å². The first-order valence-corrected chi connectivity index (χ1v) is 7.24. The van der Waals surface area contributed by atoms with Crippen molar-refractivity contribution in [1.82, 2.24) is 29.7 Å². The summed E-state index contributed by atoms with van der Waals surface area (Å²) in [5.41, 5.74) is 4.04. The van der Waals surface area contributed by atoms with Crippen LogP contribution in [0.1, 0.15) is 5.56 Å². The van der Waals surface area contributed by atoms with Gasteiger partial charge in [0.05, 0.1) is 0 Å². The number of rotatable bonds is 3. The molecule has 7 heteroatoms. The number of hydrogen-bond donors (Lipinski definition) is 2. The summed E-state index contributed by atoms with van der Waals surface area (Å²) in [6.07, 6.45) is 7.05. The molecule has 0 aromatic carbocycles. The molecule has 4 rings (SSSR count). The maximum Gasteiger partial charge on any atom is 0.142 e. The van der Waals surface area contributed by atoms with Crippen LogP contribution in [0.15, 0.2) is 43.2 Å². The molecule has 0 aliphatic rings. The highest BCUT2D eigenvalue weighted by molar-refractivity contribution is 5.94. The molecule has 0 atom stereocenters. The van der Waals surface area contributed by atoms with E-state index in [0.717, 1.165) is 39.4 Å². The third-order valence-electron chi connectivity index (χ3n) is 3.81. The van der Waals surface area contributed by atoms with Crippen molar-refractivity contribution in [2.45, 2.75) is 6.92 Å². The van der Waals surface area contributed by atoms with E-state index in [2.05, 4.69) is 36.5 Å². The molecule has 0 fully saturated rings. The molecule has 0 unspecified atom stereocenters. The summed E-state index contributed by atoms with van der Waals surface area (Å²) in [5.74, 6) is 1.64. The van der Waals surface area contributed by atoms with E-state index < -0.39 is 0 Å². The Morgan fingerprint density at radius 3 is 2.74 bits per heavy atom. The third kappa shape index (κ3) is 2.22. The van der Waals surface area contributed by atoms with Crippen molar-refractivity contribution in [2.24, 2.45) is 0 Å². The summed E-state index contributed by atoms with van der Waals surface area (Å²) >= 11 is 0. The zero-order valence-electron chi connectivity index (χ0n) is 12.8. The highest BCUT2D eigenvalue weighted by atomic mass is 15.2. The molecule has 0 spiro atoms. The monoisotopic (exact) mass is 305 g/mol. The molecule has 0 bridgehead atoms. The summed E-state index contributed by atoms with van der Waals surface area (Å²) in [7, 11) is 1.86. The molecule has 4 aromatic rings. The van der Waals surface area contributed by atoms with E-state index in [1.165, 1.54) is 0 Å². The minimum Gasteiger partial charge on any atom is -0.373 e. The van der Waals surface area contributed by atoms with Crippen LogP contribution in [0.2, 0.25) is 0 Å². The lowest BCUT2D eigenvalue weighted by Gasteiger charge is -2.10. The third-order valence-corrected chi connectivity index (χ3v) is 3.81. The van der Waals surface area contributed by atoms with Gasteiger partial charge >= 0.3 is 0 Å². The average molecular weight is 305 g/mol. The van der Waals surface area contributed by atoms with Gasteiger partial charge in [-0.15, -0.1) is 10.2 Å². The van der Waals surface area contributed by atoms with Gasteiger partial charge in [0.2, 0.25) is 0 Å². The SMILES string of the molecule is CNc1cc(-c2cnc(-n3cnnc3)c(C)c2)c2cc[nH]c2n1.